The number of amides is 3. The highest BCUT2D eigenvalue weighted by atomic mass is 35.5. The van der Waals surface area contributed by atoms with Gasteiger partial charge in [0.1, 0.15) is 18.9 Å². The first kappa shape index (κ1) is 22.9. The molecule has 1 aliphatic heterocycles. The van der Waals surface area contributed by atoms with Crippen molar-refractivity contribution in [3.63, 3.8) is 0 Å². The van der Waals surface area contributed by atoms with Gasteiger partial charge in [0, 0.05) is 28.0 Å². The highest BCUT2D eigenvalue weighted by Crippen LogP contribution is 2.35. The van der Waals surface area contributed by atoms with E-state index in [-0.39, 0.29) is 36.1 Å². The van der Waals surface area contributed by atoms with Crippen molar-refractivity contribution in [2.75, 3.05) is 19.7 Å². The van der Waals surface area contributed by atoms with Crippen molar-refractivity contribution < 1.29 is 14.3 Å². The third-order valence-corrected chi connectivity index (χ3v) is 6.92. The molecule has 8 heteroatoms. The first-order chi connectivity index (χ1) is 15.2. The molecular formula is C24H30ClN3O3S. The number of nitrogens with zero attached hydrogens (tertiary/aromatic N) is 2. The van der Waals surface area contributed by atoms with Gasteiger partial charge >= 0.3 is 6.03 Å². The van der Waals surface area contributed by atoms with Crippen molar-refractivity contribution in [3.05, 3.63) is 51.2 Å². The molecule has 1 aromatic carbocycles. The van der Waals surface area contributed by atoms with E-state index in [2.05, 4.69) is 16.8 Å². The van der Waals surface area contributed by atoms with Crippen molar-refractivity contribution in [3.8, 4) is 5.75 Å². The quantitative estimate of drug-likeness (QED) is 0.647. The SMILES string of the molecule is CC(C)(C)NC(=O)N(CC(=O)N1CCc2sccc2C1COc1ccc(Cl)cc1)C1CC1. The third-order valence-electron chi connectivity index (χ3n) is 5.67. The molecular weight excluding hydrogens is 446 g/mol. The summed E-state index contributed by atoms with van der Waals surface area (Å²) < 4.78 is 6.04. The van der Waals surface area contributed by atoms with Crippen LogP contribution in [0.3, 0.4) is 0 Å². The van der Waals surface area contributed by atoms with Gasteiger partial charge in [0.2, 0.25) is 5.91 Å². The van der Waals surface area contributed by atoms with E-state index < -0.39 is 0 Å². The Bertz CT molecular complexity index is 966. The fraction of sp³-hybridized carbons (Fsp3) is 0.500. The first-order valence-electron chi connectivity index (χ1n) is 11.0. The number of ether oxygens (including phenoxy) is 1. The molecule has 3 amide bonds. The second-order valence-corrected chi connectivity index (χ2v) is 10.9. The van der Waals surface area contributed by atoms with Gasteiger partial charge in [-0.3, -0.25) is 4.79 Å². The lowest BCUT2D eigenvalue weighted by Crippen LogP contribution is -2.53. The van der Waals surface area contributed by atoms with Gasteiger partial charge in [-0.25, -0.2) is 4.79 Å². The lowest BCUT2D eigenvalue weighted by atomic mass is 10.0. The van der Waals surface area contributed by atoms with Crippen LogP contribution in [0.25, 0.3) is 0 Å². The molecule has 1 unspecified atom stereocenters. The Kier molecular flexibility index (Phi) is 6.67. The molecule has 2 aliphatic rings. The van der Waals surface area contributed by atoms with E-state index in [1.165, 1.54) is 4.88 Å². The maximum atomic E-state index is 13.4. The zero-order valence-corrected chi connectivity index (χ0v) is 20.3. The predicted molar refractivity (Wildman–Crippen MR) is 127 cm³/mol. The number of urea groups is 1. The molecule has 2 aromatic rings. The van der Waals surface area contributed by atoms with Crippen molar-refractivity contribution >= 4 is 34.9 Å². The number of hydrogen-bond acceptors (Lipinski definition) is 4. The van der Waals surface area contributed by atoms with E-state index in [0.717, 1.165) is 24.8 Å². The van der Waals surface area contributed by atoms with Crippen molar-refractivity contribution in [1.82, 2.24) is 15.1 Å². The average molecular weight is 476 g/mol. The minimum Gasteiger partial charge on any atom is -0.491 e. The minimum absolute atomic E-state index is 0.0393. The molecule has 32 heavy (non-hydrogen) atoms. The van der Waals surface area contributed by atoms with Gasteiger partial charge < -0.3 is 19.9 Å². The molecule has 0 radical (unpaired) electrons. The van der Waals surface area contributed by atoms with Gasteiger partial charge in [-0.1, -0.05) is 11.6 Å². The van der Waals surface area contributed by atoms with Crippen LogP contribution < -0.4 is 10.1 Å². The van der Waals surface area contributed by atoms with E-state index >= 15 is 0 Å². The summed E-state index contributed by atoms with van der Waals surface area (Å²) in [7, 11) is 0. The van der Waals surface area contributed by atoms with E-state index in [4.69, 9.17) is 16.3 Å². The van der Waals surface area contributed by atoms with Gasteiger partial charge in [-0.05, 0) is 81.3 Å². The van der Waals surface area contributed by atoms with Crippen LogP contribution in [-0.4, -0.2) is 53.0 Å². The molecule has 172 valence electrons. The largest absolute Gasteiger partial charge is 0.491 e. The molecule has 1 N–H and O–H groups in total. The van der Waals surface area contributed by atoms with Crippen molar-refractivity contribution in [2.45, 2.75) is 57.7 Å². The number of halogens is 1. The van der Waals surface area contributed by atoms with E-state index in [0.29, 0.717) is 23.9 Å². The van der Waals surface area contributed by atoms with E-state index in [9.17, 15) is 9.59 Å². The normalized spacial score (nSPS) is 18.1. The van der Waals surface area contributed by atoms with Crippen LogP contribution in [0.15, 0.2) is 35.7 Å². The van der Waals surface area contributed by atoms with E-state index in [1.807, 2.05) is 37.8 Å². The Morgan fingerprint density at radius 3 is 2.59 bits per heavy atom. The number of carbonyl (C=O) groups excluding carboxylic acids is 2. The molecule has 6 nitrogen and oxygen atoms in total. The van der Waals surface area contributed by atoms with Crippen LogP contribution in [0, 0.1) is 0 Å². The third kappa shape index (κ3) is 5.56. The van der Waals surface area contributed by atoms with Crippen LogP contribution in [0.4, 0.5) is 4.79 Å². The second kappa shape index (κ2) is 9.32. The maximum absolute atomic E-state index is 13.4. The topological polar surface area (TPSA) is 61.9 Å². The Morgan fingerprint density at radius 1 is 1.22 bits per heavy atom. The summed E-state index contributed by atoms with van der Waals surface area (Å²) >= 11 is 7.70. The molecule has 2 heterocycles. The summed E-state index contributed by atoms with van der Waals surface area (Å²) in [5.41, 5.74) is 0.791. The summed E-state index contributed by atoms with van der Waals surface area (Å²) in [5, 5.41) is 5.73. The highest BCUT2D eigenvalue weighted by molar-refractivity contribution is 7.10. The number of fused-ring (bicyclic) bond motifs is 1. The van der Waals surface area contributed by atoms with Gasteiger partial charge in [-0.15, -0.1) is 11.3 Å². The van der Waals surface area contributed by atoms with Gasteiger partial charge in [0.15, 0.2) is 0 Å². The van der Waals surface area contributed by atoms with Crippen LogP contribution >= 0.6 is 22.9 Å². The Morgan fingerprint density at radius 2 is 1.94 bits per heavy atom. The first-order valence-corrected chi connectivity index (χ1v) is 12.3. The molecule has 0 saturated heterocycles. The zero-order valence-electron chi connectivity index (χ0n) is 18.8. The summed E-state index contributed by atoms with van der Waals surface area (Å²) in [6.45, 7) is 6.92. The molecule has 1 saturated carbocycles. The standard InChI is InChI=1S/C24H30ClN3O3S/c1-24(2,3)26-23(30)28(17-6-7-17)14-22(29)27-12-10-21-19(11-13-32-21)20(27)15-31-18-8-4-16(25)5-9-18/h4-5,8-9,11,13,17,20H,6-7,10,12,14-15H2,1-3H3,(H,26,30). The number of hydrogen-bond donors (Lipinski definition) is 1. The molecule has 1 fully saturated rings. The monoisotopic (exact) mass is 475 g/mol. The molecule has 4 rings (SSSR count). The van der Waals surface area contributed by atoms with Crippen LogP contribution in [0.1, 0.15) is 50.1 Å². The maximum Gasteiger partial charge on any atom is 0.318 e. The van der Waals surface area contributed by atoms with Gasteiger partial charge in [0.05, 0.1) is 6.04 Å². The fourth-order valence-corrected chi connectivity index (χ4v) is 5.02. The lowest BCUT2D eigenvalue weighted by molar-refractivity contribution is -0.135. The summed E-state index contributed by atoms with van der Waals surface area (Å²) in [6.07, 6.45) is 2.72. The minimum atomic E-state index is -0.348. The number of thiophene rings is 1. The van der Waals surface area contributed by atoms with Crippen LogP contribution in [-0.2, 0) is 11.2 Å². The number of benzene rings is 1. The number of carbonyl (C=O) groups is 2. The number of rotatable bonds is 6. The van der Waals surface area contributed by atoms with Gasteiger partial charge in [-0.2, -0.15) is 0 Å². The lowest BCUT2D eigenvalue weighted by Gasteiger charge is -2.37. The highest BCUT2D eigenvalue weighted by Gasteiger charge is 2.38. The Hall–Kier alpha value is -2.25. The Labute approximate surface area is 198 Å². The fourth-order valence-electron chi connectivity index (χ4n) is 3.96. The van der Waals surface area contributed by atoms with Crippen LogP contribution in [0.5, 0.6) is 5.75 Å². The molecule has 0 spiro atoms. The Balaban J connectivity index is 1.48. The summed E-state index contributed by atoms with van der Waals surface area (Å²) in [6, 6.07) is 9.12. The molecule has 1 atom stereocenters. The van der Waals surface area contributed by atoms with Crippen molar-refractivity contribution in [2.24, 2.45) is 0 Å². The predicted octanol–water partition coefficient (Wildman–Crippen LogP) is 4.88. The van der Waals surface area contributed by atoms with Crippen LogP contribution in [0.2, 0.25) is 5.02 Å². The average Bonchev–Trinajstić information content (AvgIpc) is 3.45. The summed E-state index contributed by atoms with van der Waals surface area (Å²) in [5.74, 6) is 0.677. The smallest absolute Gasteiger partial charge is 0.318 e. The van der Waals surface area contributed by atoms with Gasteiger partial charge in [0.25, 0.3) is 0 Å². The number of nitrogens with one attached hydrogen (secondary N) is 1. The second-order valence-electron chi connectivity index (χ2n) is 9.46. The zero-order chi connectivity index (χ0) is 22.9. The molecule has 0 bridgehead atoms. The molecule has 1 aromatic heterocycles. The van der Waals surface area contributed by atoms with E-state index in [1.54, 1.807) is 28.4 Å². The molecule has 1 aliphatic carbocycles. The van der Waals surface area contributed by atoms with Crippen molar-refractivity contribution in [1.29, 1.82) is 0 Å². The summed E-state index contributed by atoms with van der Waals surface area (Å²) in [4.78, 5) is 31.2.